The summed E-state index contributed by atoms with van der Waals surface area (Å²) in [6, 6.07) is 5.67. The highest BCUT2D eigenvalue weighted by molar-refractivity contribution is 9.09. The molecule has 2 rings (SSSR count). The molecule has 110 valence electrons. The Bertz CT molecular complexity index is 473. The van der Waals surface area contributed by atoms with Crippen molar-refractivity contribution in [2.24, 2.45) is 5.92 Å². The maximum absolute atomic E-state index is 11.6. The van der Waals surface area contributed by atoms with Gasteiger partial charge in [-0.15, -0.1) is 0 Å². The van der Waals surface area contributed by atoms with E-state index in [0.717, 1.165) is 37.1 Å². The SMILES string of the molecule is CNc1ccc(O[C@H]2CC[C@H](C(=O)CBr)CC2)cc1Cl. The first kappa shape index (κ1) is 15.6. The summed E-state index contributed by atoms with van der Waals surface area (Å²) in [6.45, 7) is 0. The largest absolute Gasteiger partial charge is 0.490 e. The van der Waals surface area contributed by atoms with E-state index >= 15 is 0 Å². The van der Waals surface area contributed by atoms with Crippen molar-refractivity contribution in [1.29, 1.82) is 0 Å². The number of Topliss-reactive ketones (excluding diaryl/α,β-unsaturated/α-hetero) is 1. The molecule has 1 saturated carbocycles. The predicted octanol–water partition coefficient (Wildman–Crippen LogP) is 4.28. The Kier molecular flexibility index (Phi) is 5.73. The molecule has 1 N–H and O–H groups in total. The molecular formula is C15H19BrClNO2. The van der Waals surface area contributed by atoms with E-state index in [1.54, 1.807) is 0 Å². The van der Waals surface area contributed by atoms with Crippen LogP contribution in [0, 0.1) is 5.92 Å². The highest BCUT2D eigenvalue weighted by Crippen LogP contribution is 2.31. The van der Waals surface area contributed by atoms with Gasteiger partial charge in [0, 0.05) is 19.0 Å². The van der Waals surface area contributed by atoms with Crippen LogP contribution >= 0.6 is 27.5 Å². The number of carbonyl (C=O) groups excluding carboxylic acids is 1. The first-order chi connectivity index (χ1) is 9.63. The Hall–Kier alpha value is -0.740. The number of hydrogen-bond donors (Lipinski definition) is 1. The van der Waals surface area contributed by atoms with Crippen molar-refractivity contribution < 1.29 is 9.53 Å². The monoisotopic (exact) mass is 359 g/mol. The van der Waals surface area contributed by atoms with Crippen LogP contribution in [-0.2, 0) is 4.79 Å². The number of carbonyl (C=O) groups is 1. The van der Waals surface area contributed by atoms with E-state index in [0.29, 0.717) is 16.1 Å². The quantitative estimate of drug-likeness (QED) is 0.796. The van der Waals surface area contributed by atoms with E-state index < -0.39 is 0 Å². The average molecular weight is 361 g/mol. The highest BCUT2D eigenvalue weighted by atomic mass is 79.9. The summed E-state index contributed by atoms with van der Waals surface area (Å²) in [4.78, 5) is 11.6. The maximum atomic E-state index is 11.6. The van der Waals surface area contributed by atoms with E-state index in [4.69, 9.17) is 16.3 Å². The summed E-state index contributed by atoms with van der Waals surface area (Å²) >= 11 is 9.38. The van der Waals surface area contributed by atoms with Crippen molar-refractivity contribution in [3.63, 3.8) is 0 Å². The molecule has 0 radical (unpaired) electrons. The lowest BCUT2D eigenvalue weighted by molar-refractivity contribution is -0.121. The Labute approximate surface area is 133 Å². The first-order valence-corrected chi connectivity index (χ1v) is 8.36. The lowest BCUT2D eigenvalue weighted by Crippen LogP contribution is -2.28. The summed E-state index contributed by atoms with van der Waals surface area (Å²) in [7, 11) is 1.84. The number of halogens is 2. The standard InChI is InChI=1S/C15H19BrClNO2/c1-18-14-7-6-12(8-13(14)17)20-11-4-2-10(3-5-11)15(19)9-16/h6-8,10-11,18H,2-5,9H2,1H3/t10-,11-. The van der Waals surface area contributed by atoms with Gasteiger partial charge in [-0.25, -0.2) is 0 Å². The maximum Gasteiger partial charge on any atom is 0.146 e. The highest BCUT2D eigenvalue weighted by Gasteiger charge is 2.26. The van der Waals surface area contributed by atoms with Gasteiger partial charge in [-0.1, -0.05) is 27.5 Å². The lowest BCUT2D eigenvalue weighted by atomic mass is 9.85. The number of ether oxygens (including phenoxy) is 1. The topological polar surface area (TPSA) is 38.3 Å². The number of anilines is 1. The third kappa shape index (κ3) is 3.89. The van der Waals surface area contributed by atoms with E-state index in [1.807, 2.05) is 25.2 Å². The van der Waals surface area contributed by atoms with Crippen LogP contribution in [0.1, 0.15) is 25.7 Å². The van der Waals surface area contributed by atoms with Gasteiger partial charge in [0.2, 0.25) is 0 Å². The zero-order chi connectivity index (χ0) is 14.5. The van der Waals surface area contributed by atoms with Crippen molar-refractivity contribution in [2.75, 3.05) is 17.7 Å². The molecule has 1 aromatic rings. The number of hydrogen-bond acceptors (Lipinski definition) is 3. The predicted molar refractivity (Wildman–Crippen MR) is 86.2 cm³/mol. The second-order valence-corrected chi connectivity index (χ2v) is 6.05. The van der Waals surface area contributed by atoms with Gasteiger partial charge < -0.3 is 10.1 Å². The summed E-state index contributed by atoms with van der Waals surface area (Å²) in [6.07, 6.45) is 3.87. The fourth-order valence-corrected chi connectivity index (χ4v) is 3.30. The molecule has 0 bridgehead atoms. The van der Waals surface area contributed by atoms with E-state index in [2.05, 4.69) is 21.2 Å². The minimum Gasteiger partial charge on any atom is -0.490 e. The number of rotatable bonds is 5. The molecule has 1 aromatic carbocycles. The Morgan fingerprint density at radius 1 is 1.40 bits per heavy atom. The second-order valence-electron chi connectivity index (χ2n) is 5.08. The van der Waals surface area contributed by atoms with Crippen LogP contribution in [0.15, 0.2) is 18.2 Å². The zero-order valence-electron chi connectivity index (χ0n) is 11.5. The third-order valence-electron chi connectivity index (χ3n) is 3.77. The summed E-state index contributed by atoms with van der Waals surface area (Å²) in [5, 5.41) is 4.14. The van der Waals surface area contributed by atoms with Crippen LogP contribution in [0.25, 0.3) is 0 Å². The van der Waals surface area contributed by atoms with E-state index in [-0.39, 0.29) is 12.0 Å². The molecule has 1 aliphatic rings. The Balaban J connectivity index is 1.89. The van der Waals surface area contributed by atoms with Crippen LogP contribution in [0.3, 0.4) is 0 Å². The molecule has 0 aromatic heterocycles. The van der Waals surface area contributed by atoms with Gasteiger partial charge in [0.1, 0.15) is 11.5 Å². The number of alkyl halides is 1. The van der Waals surface area contributed by atoms with E-state index in [9.17, 15) is 4.79 Å². The normalized spacial score (nSPS) is 22.4. The van der Waals surface area contributed by atoms with Crippen molar-refractivity contribution in [3.8, 4) is 5.75 Å². The van der Waals surface area contributed by atoms with Gasteiger partial charge in [0.05, 0.1) is 22.1 Å². The van der Waals surface area contributed by atoms with Crippen molar-refractivity contribution in [2.45, 2.75) is 31.8 Å². The fourth-order valence-electron chi connectivity index (χ4n) is 2.58. The molecule has 5 heteroatoms. The molecule has 3 nitrogen and oxygen atoms in total. The molecule has 20 heavy (non-hydrogen) atoms. The van der Waals surface area contributed by atoms with Crippen molar-refractivity contribution >= 4 is 39.0 Å². The van der Waals surface area contributed by atoms with E-state index in [1.165, 1.54) is 0 Å². The first-order valence-electron chi connectivity index (χ1n) is 6.86. The summed E-state index contributed by atoms with van der Waals surface area (Å²) < 4.78 is 5.96. The van der Waals surface area contributed by atoms with Gasteiger partial charge in [0.15, 0.2) is 0 Å². The van der Waals surface area contributed by atoms with Gasteiger partial charge in [-0.05, 0) is 37.8 Å². The number of benzene rings is 1. The van der Waals surface area contributed by atoms with Crippen LogP contribution in [-0.4, -0.2) is 24.3 Å². The molecule has 0 saturated heterocycles. The van der Waals surface area contributed by atoms with Crippen LogP contribution in [0.2, 0.25) is 5.02 Å². The van der Waals surface area contributed by atoms with Gasteiger partial charge in [-0.3, -0.25) is 4.79 Å². The van der Waals surface area contributed by atoms with Gasteiger partial charge in [0.25, 0.3) is 0 Å². The molecule has 0 aliphatic heterocycles. The fraction of sp³-hybridized carbons (Fsp3) is 0.533. The van der Waals surface area contributed by atoms with Gasteiger partial charge in [-0.2, -0.15) is 0 Å². The minimum atomic E-state index is 0.186. The molecular weight excluding hydrogens is 342 g/mol. The second kappa shape index (κ2) is 7.32. The van der Waals surface area contributed by atoms with Crippen molar-refractivity contribution in [3.05, 3.63) is 23.2 Å². The van der Waals surface area contributed by atoms with Gasteiger partial charge >= 0.3 is 0 Å². The number of nitrogens with one attached hydrogen (secondary N) is 1. The van der Waals surface area contributed by atoms with Crippen LogP contribution in [0.5, 0.6) is 5.75 Å². The summed E-state index contributed by atoms with van der Waals surface area (Å²) in [5.74, 6) is 1.30. The Morgan fingerprint density at radius 2 is 2.10 bits per heavy atom. The van der Waals surface area contributed by atoms with Crippen LogP contribution in [0.4, 0.5) is 5.69 Å². The molecule has 0 heterocycles. The molecule has 1 fully saturated rings. The Morgan fingerprint density at radius 3 is 2.65 bits per heavy atom. The number of ketones is 1. The molecule has 1 aliphatic carbocycles. The zero-order valence-corrected chi connectivity index (χ0v) is 13.8. The molecule has 0 amide bonds. The minimum absolute atomic E-state index is 0.186. The molecule has 0 atom stereocenters. The molecule has 0 spiro atoms. The van der Waals surface area contributed by atoms with Crippen LogP contribution < -0.4 is 10.1 Å². The smallest absolute Gasteiger partial charge is 0.146 e. The summed E-state index contributed by atoms with van der Waals surface area (Å²) in [5.41, 5.74) is 0.894. The van der Waals surface area contributed by atoms with Crippen molar-refractivity contribution in [1.82, 2.24) is 0 Å². The average Bonchev–Trinajstić information content (AvgIpc) is 2.47. The lowest BCUT2D eigenvalue weighted by Gasteiger charge is -2.28. The third-order valence-corrected chi connectivity index (χ3v) is 4.64. The molecule has 0 unspecified atom stereocenters.